The Morgan fingerprint density at radius 3 is 2.85 bits per heavy atom. The van der Waals surface area contributed by atoms with Crippen LogP contribution in [0.15, 0.2) is 36.4 Å². The van der Waals surface area contributed by atoms with Crippen LogP contribution in [0, 0.1) is 0 Å². The number of hydrogen-bond donors (Lipinski definition) is 1. The summed E-state index contributed by atoms with van der Waals surface area (Å²) < 4.78 is 7.08. The maximum atomic E-state index is 10.6. The highest BCUT2D eigenvalue weighted by atomic mass is 32.1. The van der Waals surface area contributed by atoms with Crippen LogP contribution >= 0.6 is 11.3 Å². The quantitative estimate of drug-likeness (QED) is 0.707. The smallest absolute Gasteiger partial charge is 0.165 e. The molecule has 26 heavy (non-hydrogen) atoms. The lowest BCUT2D eigenvalue weighted by molar-refractivity contribution is 0.170. The Kier molecular flexibility index (Phi) is 4.06. The summed E-state index contributed by atoms with van der Waals surface area (Å²) in [6, 6.07) is 12.8. The highest BCUT2D eigenvalue weighted by molar-refractivity contribution is 7.21. The maximum absolute atomic E-state index is 10.6. The Morgan fingerprint density at radius 2 is 2.00 bits per heavy atom. The molecule has 1 aliphatic carbocycles. The number of hydrogen-bond acceptors (Lipinski definition) is 5. The molecule has 1 aromatic heterocycles. The number of fused-ring (bicyclic) bond motifs is 2. The van der Waals surface area contributed by atoms with Crippen molar-refractivity contribution in [1.82, 2.24) is 9.88 Å². The Balaban J connectivity index is 1.53. The van der Waals surface area contributed by atoms with Gasteiger partial charge in [-0.2, -0.15) is 0 Å². The van der Waals surface area contributed by atoms with Crippen molar-refractivity contribution in [1.29, 1.82) is 0 Å². The molecule has 0 bridgehead atoms. The van der Waals surface area contributed by atoms with Gasteiger partial charge >= 0.3 is 0 Å². The van der Waals surface area contributed by atoms with Crippen molar-refractivity contribution in [3.05, 3.63) is 42.0 Å². The third kappa shape index (κ3) is 2.85. The van der Waals surface area contributed by atoms with Crippen LogP contribution in [0.3, 0.4) is 0 Å². The number of thiazole rings is 1. The molecule has 1 fully saturated rings. The van der Waals surface area contributed by atoms with Crippen LogP contribution in [0.4, 0.5) is 0 Å². The van der Waals surface area contributed by atoms with Crippen LogP contribution in [0.1, 0.15) is 31.2 Å². The SMILES string of the molecule is Oc1cc(-c2nc3ccccc3s2)cc2c1OCCN(C1CCCC1)C2. The number of nitrogens with zero attached hydrogens (tertiary/aromatic N) is 2. The van der Waals surface area contributed by atoms with Crippen molar-refractivity contribution in [3.8, 4) is 22.1 Å². The zero-order chi connectivity index (χ0) is 17.5. The maximum Gasteiger partial charge on any atom is 0.165 e. The number of phenols is 1. The minimum atomic E-state index is 0.227. The van der Waals surface area contributed by atoms with Gasteiger partial charge in [0.25, 0.3) is 0 Å². The molecule has 0 radical (unpaired) electrons. The van der Waals surface area contributed by atoms with E-state index in [1.165, 1.54) is 30.4 Å². The van der Waals surface area contributed by atoms with Crippen molar-refractivity contribution < 1.29 is 9.84 Å². The predicted octanol–water partition coefficient (Wildman–Crippen LogP) is 4.81. The van der Waals surface area contributed by atoms with Gasteiger partial charge in [-0.25, -0.2) is 4.98 Å². The molecule has 1 aliphatic heterocycles. The average Bonchev–Trinajstić information content (AvgIpc) is 3.27. The molecule has 2 aromatic carbocycles. The van der Waals surface area contributed by atoms with E-state index in [0.717, 1.165) is 34.7 Å². The topological polar surface area (TPSA) is 45.6 Å². The Bertz CT molecular complexity index is 913. The summed E-state index contributed by atoms with van der Waals surface area (Å²) >= 11 is 1.66. The van der Waals surface area contributed by atoms with Crippen molar-refractivity contribution in [2.24, 2.45) is 0 Å². The molecular formula is C21H22N2O2S. The van der Waals surface area contributed by atoms with Gasteiger partial charge in [0.2, 0.25) is 0 Å². The summed E-state index contributed by atoms with van der Waals surface area (Å²) in [5.74, 6) is 0.875. The van der Waals surface area contributed by atoms with Crippen molar-refractivity contribution >= 4 is 21.6 Å². The van der Waals surface area contributed by atoms with Gasteiger partial charge in [0.15, 0.2) is 11.5 Å². The summed E-state index contributed by atoms with van der Waals surface area (Å²) in [7, 11) is 0. The molecule has 0 saturated heterocycles. The first-order valence-electron chi connectivity index (χ1n) is 9.36. The van der Waals surface area contributed by atoms with Crippen LogP contribution in [0.25, 0.3) is 20.8 Å². The monoisotopic (exact) mass is 366 g/mol. The first kappa shape index (κ1) is 16.1. The molecule has 1 saturated carbocycles. The normalized spacial score (nSPS) is 18.6. The van der Waals surface area contributed by atoms with E-state index in [1.54, 1.807) is 17.4 Å². The molecule has 1 N–H and O–H groups in total. The lowest BCUT2D eigenvalue weighted by atomic mass is 10.1. The molecule has 0 spiro atoms. The standard InChI is InChI=1S/C21H22N2O2S/c24-18-12-14(21-22-17-7-3-4-8-19(17)26-21)11-15-13-23(9-10-25-20(15)18)16-5-1-2-6-16/h3-4,7-8,11-12,16,24H,1-2,5-6,9-10,13H2. The molecule has 4 nitrogen and oxygen atoms in total. The second-order valence-electron chi connectivity index (χ2n) is 7.23. The Hall–Kier alpha value is -2.11. The van der Waals surface area contributed by atoms with E-state index >= 15 is 0 Å². The fraction of sp³-hybridized carbons (Fsp3) is 0.381. The van der Waals surface area contributed by atoms with Gasteiger partial charge in [-0.1, -0.05) is 25.0 Å². The lowest BCUT2D eigenvalue weighted by Crippen LogP contribution is -2.34. The van der Waals surface area contributed by atoms with E-state index in [-0.39, 0.29) is 5.75 Å². The number of rotatable bonds is 2. The minimum absolute atomic E-state index is 0.227. The Morgan fingerprint density at radius 1 is 1.15 bits per heavy atom. The van der Waals surface area contributed by atoms with Gasteiger partial charge in [0.1, 0.15) is 11.6 Å². The molecule has 134 valence electrons. The van der Waals surface area contributed by atoms with Crippen LogP contribution in [0.2, 0.25) is 0 Å². The van der Waals surface area contributed by atoms with E-state index in [1.807, 2.05) is 18.2 Å². The van der Waals surface area contributed by atoms with E-state index < -0.39 is 0 Å². The molecule has 2 aliphatic rings. The highest BCUT2D eigenvalue weighted by Gasteiger charge is 2.27. The van der Waals surface area contributed by atoms with Crippen molar-refractivity contribution in [3.63, 3.8) is 0 Å². The first-order chi connectivity index (χ1) is 12.8. The van der Waals surface area contributed by atoms with Crippen molar-refractivity contribution in [2.75, 3.05) is 13.2 Å². The fourth-order valence-corrected chi connectivity index (χ4v) is 5.17. The fourth-order valence-electron chi connectivity index (χ4n) is 4.22. The number of benzene rings is 2. The summed E-state index contributed by atoms with van der Waals surface area (Å²) in [6.07, 6.45) is 5.20. The third-order valence-electron chi connectivity index (χ3n) is 5.53. The number of aromatic hydroxyl groups is 1. The molecule has 5 heteroatoms. The summed E-state index contributed by atoms with van der Waals surface area (Å²) in [6.45, 7) is 2.40. The van der Waals surface area contributed by atoms with Gasteiger partial charge < -0.3 is 9.84 Å². The van der Waals surface area contributed by atoms with Crippen LogP contribution < -0.4 is 4.74 Å². The zero-order valence-corrected chi connectivity index (χ0v) is 15.5. The van der Waals surface area contributed by atoms with Gasteiger partial charge in [0.05, 0.1) is 10.2 Å². The summed E-state index contributed by atoms with van der Waals surface area (Å²) in [5, 5.41) is 11.5. The largest absolute Gasteiger partial charge is 0.504 e. The van der Waals surface area contributed by atoms with Crippen LogP contribution in [0.5, 0.6) is 11.5 Å². The molecule has 0 unspecified atom stereocenters. The van der Waals surface area contributed by atoms with Crippen molar-refractivity contribution in [2.45, 2.75) is 38.3 Å². The predicted molar refractivity (Wildman–Crippen MR) is 105 cm³/mol. The number of aromatic nitrogens is 1. The number of phenolic OH excluding ortho intramolecular Hbond substituents is 1. The lowest BCUT2D eigenvalue weighted by Gasteiger charge is -2.26. The summed E-state index contributed by atoms with van der Waals surface area (Å²) in [5.41, 5.74) is 3.05. The van der Waals surface area contributed by atoms with E-state index in [9.17, 15) is 5.11 Å². The van der Waals surface area contributed by atoms with E-state index in [2.05, 4.69) is 17.0 Å². The van der Waals surface area contributed by atoms with E-state index in [4.69, 9.17) is 9.72 Å². The molecule has 2 heterocycles. The Labute approximate surface area is 157 Å². The van der Waals surface area contributed by atoms with Gasteiger partial charge in [-0.3, -0.25) is 4.90 Å². The average molecular weight is 366 g/mol. The molecule has 0 atom stereocenters. The van der Waals surface area contributed by atoms with Crippen LogP contribution in [-0.4, -0.2) is 34.2 Å². The summed E-state index contributed by atoms with van der Waals surface area (Å²) in [4.78, 5) is 7.27. The molecule has 3 aromatic rings. The second-order valence-corrected chi connectivity index (χ2v) is 8.26. The second kappa shape index (κ2) is 6.56. The number of ether oxygens (including phenoxy) is 1. The molecule has 0 amide bonds. The third-order valence-corrected chi connectivity index (χ3v) is 6.61. The van der Waals surface area contributed by atoms with Gasteiger partial charge in [0, 0.05) is 30.3 Å². The highest BCUT2D eigenvalue weighted by Crippen LogP contribution is 2.40. The van der Waals surface area contributed by atoms with Crippen LogP contribution in [-0.2, 0) is 6.54 Å². The molecule has 5 rings (SSSR count). The number of para-hydroxylation sites is 1. The van der Waals surface area contributed by atoms with E-state index in [0.29, 0.717) is 18.4 Å². The van der Waals surface area contributed by atoms with Gasteiger partial charge in [-0.15, -0.1) is 11.3 Å². The molecular weight excluding hydrogens is 344 g/mol. The first-order valence-corrected chi connectivity index (χ1v) is 10.2. The zero-order valence-electron chi connectivity index (χ0n) is 14.6. The minimum Gasteiger partial charge on any atom is -0.504 e. The van der Waals surface area contributed by atoms with Gasteiger partial charge in [-0.05, 0) is 37.1 Å².